The van der Waals surface area contributed by atoms with Crippen molar-refractivity contribution in [3.8, 4) is 0 Å². The van der Waals surface area contributed by atoms with Crippen molar-refractivity contribution in [1.82, 2.24) is 15.1 Å². The third-order valence-electron chi connectivity index (χ3n) is 3.66. The molecule has 1 rings (SSSR count). The van der Waals surface area contributed by atoms with E-state index < -0.39 is 0 Å². The molecule has 0 radical (unpaired) electrons. The van der Waals surface area contributed by atoms with Gasteiger partial charge in [0.05, 0.1) is 5.54 Å². The highest BCUT2D eigenvalue weighted by molar-refractivity contribution is 5.85. The number of piperazine rings is 1. The van der Waals surface area contributed by atoms with Gasteiger partial charge < -0.3 is 10.2 Å². The van der Waals surface area contributed by atoms with Gasteiger partial charge in [-0.1, -0.05) is 0 Å². The smallest absolute Gasteiger partial charge is 0.242 e. The van der Waals surface area contributed by atoms with Crippen molar-refractivity contribution in [2.24, 2.45) is 0 Å². The average molecular weight is 241 g/mol. The molecule has 0 aromatic carbocycles. The minimum atomic E-state index is -0.387. The van der Waals surface area contributed by atoms with Gasteiger partial charge in [0.25, 0.3) is 0 Å². The van der Waals surface area contributed by atoms with Crippen molar-refractivity contribution in [3.63, 3.8) is 0 Å². The molecule has 1 fully saturated rings. The highest BCUT2D eigenvalue weighted by Crippen LogP contribution is 2.19. The monoisotopic (exact) mass is 241 g/mol. The number of nitrogens with zero attached hydrogens (tertiary/aromatic N) is 2. The second-order valence-electron chi connectivity index (χ2n) is 5.48. The molecule has 4 nitrogen and oxygen atoms in total. The van der Waals surface area contributed by atoms with Crippen molar-refractivity contribution >= 4 is 5.91 Å². The molecule has 0 spiro atoms. The summed E-state index contributed by atoms with van der Waals surface area (Å²) in [7, 11) is 0. The maximum absolute atomic E-state index is 12.6. The number of carbonyl (C=O) groups is 1. The number of likely N-dealkylation sites (N-methyl/N-ethyl adjacent to an activating group) is 1. The zero-order valence-electron chi connectivity index (χ0n) is 11.9. The maximum Gasteiger partial charge on any atom is 0.242 e. The minimum absolute atomic E-state index is 0.247. The van der Waals surface area contributed by atoms with Crippen molar-refractivity contribution in [2.75, 3.05) is 32.7 Å². The predicted octanol–water partition coefficient (Wildman–Crippen LogP) is 0.927. The Morgan fingerprint density at radius 2 is 1.88 bits per heavy atom. The van der Waals surface area contributed by atoms with Crippen LogP contribution < -0.4 is 5.32 Å². The predicted molar refractivity (Wildman–Crippen MR) is 71.0 cm³/mol. The van der Waals surface area contributed by atoms with Gasteiger partial charge in [-0.15, -0.1) is 0 Å². The third-order valence-corrected chi connectivity index (χ3v) is 3.66. The maximum atomic E-state index is 12.6. The summed E-state index contributed by atoms with van der Waals surface area (Å²) in [5, 5.41) is 3.33. The first kappa shape index (κ1) is 14.5. The molecule has 1 N–H and O–H groups in total. The summed E-state index contributed by atoms with van der Waals surface area (Å²) >= 11 is 0. The lowest BCUT2D eigenvalue weighted by atomic mass is 9.98. The molecular weight excluding hydrogens is 214 g/mol. The average Bonchev–Trinajstić information content (AvgIpc) is 2.30. The first-order valence-corrected chi connectivity index (χ1v) is 6.68. The SMILES string of the molecule is CCN(C(=O)C(C)(C)N1CCNCC1)C(C)C. The summed E-state index contributed by atoms with van der Waals surface area (Å²) in [6, 6.07) is 0.273. The van der Waals surface area contributed by atoms with Gasteiger partial charge >= 0.3 is 0 Å². The van der Waals surface area contributed by atoms with Gasteiger partial charge in [0.2, 0.25) is 5.91 Å². The lowest BCUT2D eigenvalue weighted by molar-refractivity contribution is -0.144. The Hall–Kier alpha value is -0.610. The van der Waals surface area contributed by atoms with Gasteiger partial charge in [-0.2, -0.15) is 0 Å². The van der Waals surface area contributed by atoms with Gasteiger partial charge in [0, 0.05) is 38.8 Å². The lowest BCUT2D eigenvalue weighted by Gasteiger charge is -2.43. The van der Waals surface area contributed by atoms with E-state index in [-0.39, 0.29) is 17.5 Å². The van der Waals surface area contributed by atoms with E-state index in [2.05, 4.69) is 24.1 Å². The van der Waals surface area contributed by atoms with Crippen LogP contribution in [0.4, 0.5) is 0 Å². The van der Waals surface area contributed by atoms with E-state index in [9.17, 15) is 4.79 Å². The van der Waals surface area contributed by atoms with E-state index in [1.165, 1.54) is 0 Å². The highest BCUT2D eigenvalue weighted by atomic mass is 16.2. The molecule has 0 aromatic heterocycles. The minimum Gasteiger partial charge on any atom is -0.339 e. The Morgan fingerprint density at radius 1 is 1.35 bits per heavy atom. The fourth-order valence-corrected chi connectivity index (χ4v) is 2.45. The third kappa shape index (κ3) is 3.19. The molecule has 1 heterocycles. The molecule has 100 valence electrons. The summed E-state index contributed by atoms with van der Waals surface area (Å²) < 4.78 is 0. The van der Waals surface area contributed by atoms with Gasteiger partial charge in [-0.3, -0.25) is 9.69 Å². The number of nitrogens with one attached hydrogen (secondary N) is 1. The second kappa shape index (κ2) is 5.83. The first-order chi connectivity index (χ1) is 7.91. The van der Waals surface area contributed by atoms with Crippen LogP contribution >= 0.6 is 0 Å². The Morgan fingerprint density at radius 3 is 2.29 bits per heavy atom. The van der Waals surface area contributed by atoms with Crippen LogP contribution in [0.2, 0.25) is 0 Å². The molecule has 17 heavy (non-hydrogen) atoms. The Kier molecular flexibility index (Phi) is 4.95. The fourth-order valence-electron chi connectivity index (χ4n) is 2.45. The summed E-state index contributed by atoms with van der Waals surface area (Å²) in [6.45, 7) is 14.9. The summed E-state index contributed by atoms with van der Waals surface area (Å²) in [5.41, 5.74) is -0.387. The second-order valence-corrected chi connectivity index (χ2v) is 5.48. The Bertz CT molecular complexity index is 257. The van der Waals surface area contributed by atoms with Crippen LogP contribution in [0.5, 0.6) is 0 Å². The van der Waals surface area contributed by atoms with E-state index in [1.54, 1.807) is 0 Å². The Labute approximate surface area is 105 Å². The van der Waals surface area contributed by atoms with E-state index in [0.717, 1.165) is 32.7 Å². The molecule has 0 atom stereocenters. The molecule has 4 heteroatoms. The molecule has 1 aliphatic heterocycles. The molecule has 0 aliphatic carbocycles. The summed E-state index contributed by atoms with van der Waals surface area (Å²) in [4.78, 5) is 16.8. The van der Waals surface area contributed by atoms with Crippen LogP contribution in [0.15, 0.2) is 0 Å². The van der Waals surface area contributed by atoms with Gasteiger partial charge in [0.1, 0.15) is 0 Å². The van der Waals surface area contributed by atoms with Crippen LogP contribution in [-0.2, 0) is 4.79 Å². The quantitative estimate of drug-likeness (QED) is 0.795. The topological polar surface area (TPSA) is 35.6 Å². The highest BCUT2D eigenvalue weighted by Gasteiger charge is 2.38. The number of rotatable bonds is 4. The molecule has 0 unspecified atom stereocenters. The van der Waals surface area contributed by atoms with Crippen LogP contribution in [0, 0.1) is 0 Å². The molecular formula is C13H27N3O. The molecule has 1 aliphatic rings. The van der Waals surface area contributed by atoms with E-state index in [1.807, 2.05) is 25.7 Å². The number of amides is 1. The largest absolute Gasteiger partial charge is 0.339 e. The van der Waals surface area contributed by atoms with Crippen molar-refractivity contribution in [2.45, 2.75) is 46.2 Å². The molecule has 0 aromatic rings. The number of carbonyl (C=O) groups excluding carboxylic acids is 1. The van der Waals surface area contributed by atoms with E-state index in [0.29, 0.717) is 0 Å². The molecule has 1 amide bonds. The van der Waals surface area contributed by atoms with E-state index in [4.69, 9.17) is 0 Å². The van der Waals surface area contributed by atoms with Gasteiger partial charge in [-0.05, 0) is 34.6 Å². The van der Waals surface area contributed by atoms with Crippen LogP contribution in [0.25, 0.3) is 0 Å². The fraction of sp³-hybridized carbons (Fsp3) is 0.923. The van der Waals surface area contributed by atoms with E-state index >= 15 is 0 Å². The molecule has 1 saturated heterocycles. The normalized spacial score (nSPS) is 18.5. The summed E-state index contributed by atoms with van der Waals surface area (Å²) in [6.07, 6.45) is 0. The van der Waals surface area contributed by atoms with Crippen LogP contribution in [0.3, 0.4) is 0 Å². The number of hydrogen-bond acceptors (Lipinski definition) is 3. The summed E-state index contributed by atoms with van der Waals surface area (Å²) in [5.74, 6) is 0.247. The van der Waals surface area contributed by atoms with Gasteiger partial charge in [-0.25, -0.2) is 0 Å². The molecule has 0 bridgehead atoms. The van der Waals surface area contributed by atoms with Crippen LogP contribution in [0.1, 0.15) is 34.6 Å². The van der Waals surface area contributed by atoms with Crippen molar-refractivity contribution in [1.29, 1.82) is 0 Å². The van der Waals surface area contributed by atoms with Gasteiger partial charge in [0.15, 0.2) is 0 Å². The number of hydrogen-bond donors (Lipinski definition) is 1. The Balaban J connectivity index is 2.76. The first-order valence-electron chi connectivity index (χ1n) is 6.68. The van der Waals surface area contributed by atoms with Crippen molar-refractivity contribution < 1.29 is 4.79 Å². The standard InChI is InChI=1S/C13H27N3O/c1-6-16(11(2)3)12(17)13(4,5)15-9-7-14-8-10-15/h11,14H,6-10H2,1-5H3. The van der Waals surface area contributed by atoms with Crippen molar-refractivity contribution in [3.05, 3.63) is 0 Å². The molecule has 0 saturated carbocycles. The lowest BCUT2D eigenvalue weighted by Crippen LogP contribution is -2.61. The van der Waals surface area contributed by atoms with Crippen LogP contribution in [-0.4, -0.2) is 60.0 Å². The zero-order valence-corrected chi connectivity index (χ0v) is 11.9. The zero-order chi connectivity index (χ0) is 13.1.